The van der Waals surface area contributed by atoms with E-state index < -0.39 is 9.84 Å². The molecule has 2 amide bonds. The highest BCUT2D eigenvalue weighted by Crippen LogP contribution is 2.17. The van der Waals surface area contributed by atoms with Gasteiger partial charge in [0.25, 0.3) is 0 Å². The summed E-state index contributed by atoms with van der Waals surface area (Å²) < 4.78 is 40.6. The molecule has 0 saturated carbocycles. The van der Waals surface area contributed by atoms with Crippen molar-refractivity contribution in [2.24, 2.45) is 5.92 Å². The van der Waals surface area contributed by atoms with Gasteiger partial charge >= 0.3 is 6.03 Å². The molecular formula is C14H19FN2O4S. The van der Waals surface area contributed by atoms with Gasteiger partial charge in [0.1, 0.15) is 18.2 Å². The number of rotatable bonds is 6. The fourth-order valence-corrected chi connectivity index (χ4v) is 4.06. The van der Waals surface area contributed by atoms with Crippen LogP contribution in [0.2, 0.25) is 0 Å². The summed E-state index contributed by atoms with van der Waals surface area (Å²) in [6.45, 7) is 0.910. The Morgan fingerprint density at radius 1 is 1.27 bits per heavy atom. The van der Waals surface area contributed by atoms with Gasteiger partial charge in [-0.1, -0.05) is 0 Å². The van der Waals surface area contributed by atoms with Crippen LogP contribution in [0.3, 0.4) is 0 Å². The quantitative estimate of drug-likeness (QED) is 0.760. The highest BCUT2D eigenvalue weighted by Gasteiger charge is 2.27. The average molecular weight is 330 g/mol. The molecule has 1 aliphatic heterocycles. The minimum Gasteiger partial charge on any atom is -0.492 e. The highest BCUT2D eigenvalue weighted by molar-refractivity contribution is 7.91. The molecule has 8 heteroatoms. The Morgan fingerprint density at radius 2 is 2.00 bits per heavy atom. The Bertz CT molecular complexity index is 604. The minimum absolute atomic E-state index is 0.00813. The van der Waals surface area contributed by atoms with Crippen molar-refractivity contribution < 1.29 is 22.3 Å². The van der Waals surface area contributed by atoms with E-state index in [2.05, 4.69) is 10.6 Å². The Kier molecular flexibility index (Phi) is 5.59. The van der Waals surface area contributed by atoms with E-state index in [0.29, 0.717) is 25.3 Å². The van der Waals surface area contributed by atoms with Gasteiger partial charge in [0.15, 0.2) is 9.84 Å². The van der Waals surface area contributed by atoms with Crippen LogP contribution < -0.4 is 15.4 Å². The summed E-state index contributed by atoms with van der Waals surface area (Å²) >= 11 is 0. The molecular weight excluding hydrogens is 311 g/mol. The van der Waals surface area contributed by atoms with Crippen molar-refractivity contribution in [2.75, 3.05) is 31.2 Å². The van der Waals surface area contributed by atoms with Crippen LogP contribution in [0.5, 0.6) is 5.75 Å². The SMILES string of the molecule is O=C(NCCOc1ccc(F)cc1)NC[C@H]1CCS(=O)(=O)C1. The Labute approximate surface area is 129 Å². The first-order valence-corrected chi connectivity index (χ1v) is 8.87. The van der Waals surface area contributed by atoms with Crippen molar-refractivity contribution in [2.45, 2.75) is 6.42 Å². The van der Waals surface area contributed by atoms with Gasteiger partial charge in [0.05, 0.1) is 18.1 Å². The van der Waals surface area contributed by atoms with Gasteiger partial charge in [-0.2, -0.15) is 0 Å². The van der Waals surface area contributed by atoms with Crippen molar-refractivity contribution in [3.8, 4) is 5.75 Å². The van der Waals surface area contributed by atoms with Gasteiger partial charge in [-0.25, -0.2) is 17.6 Å². The van der Waals surface area contributed by atoms with Crippen molar-refractivity contribution in [3.63, 3.8) is 0 Å². The van der Waals surface area contributed by atoms with Crippen LogP contribution in [0.15, 0.2) is 24.3 Å². The number of hydrogen-bond donors (Lipinski definition) is 2. The van der Waals surface area contributed by atoms with E-state index in [0.717, 1.165) is 0 Å². The second-order valence-corrected chi connectivity index (χ2v) is 7.44. The van der Waals surface area contributed by atoms with Gasteiger partial charge in [-0.15, -0.1) is 0 Å². The molecule has 1 saturated heterocycles. The van der Waals surface area contributed by atoms with Gasteiger partial charge in [0, 0.05) is 6.54 Å². The molecule has 122 valence electrons. The maximum Gasteiger partial charge on any atom is 0.314 e. The van der Waals surface area contributed by atoms with Gasteiger partial charge in [-0.3, -0.25) is 0 Å². The summed E-state index contributed by atoms with van der Waals surface area (Å²) in [6, 6.07) is 5.26. The van der Waals surface area contributed by atoms with E-state index in [4.69, 9.17) is 4.74 Å². The number of carbonyl (C=O) groups is 1. The van der Waals surface area contributed by atoms with E-state index >= 15 is 0 Å². The molecule has 2 N–H and O–H groups in total. The summed E-state index contributed by atoms with van der Waals surface area (Å²) in [6.07, 6.45) is 0.594. The average Bonchev–Trinajstić information content (AvgIpc) is 2.83. The third-order valence-corrected chi connectivity index (χ3v) is 5.19. The minimum atomic E-state index is -2.92. The lowest BCUT2D eigenvalue weighted by molar-refractivity contribution is 0.235. The molecule has 1 atom stereocenters. The number of benzene rings is 1. The molecule has 1 aromatic rings. The molecule has 1 aliphatic rings. The monoisotopic (exact) mass is 330 g/mol. The van der Waals surface area contributed by atoms with E-state index in [1.165, 1.54) is 24.3 Å². The fourth-order valence-electron chi connectivity index (χ4n) is 2.20. The molecule has 1 fully saturated rings. The zero-order valence-corrected chi connectivity index (χ0v) is 12.9. The predicted molar refractivity (Wildman–Crippen MR) is 80.1 cm³/mol. The fraction of sp³-hybridized carbons (Fsp3) is 0.500. The molecule has 0 aromatic heterocycles. The van der Waals surface area contributed by atoms with Crippen molar-refractivity contribution in [1.29, 1.82) is 0 Å². The number of halogens is 1. The molecule has 0 unspecified atom stereocenters. The largest absolute Gasteiger partial charge is 0.492 e. The standard InChI is InChI=1S/C14H19FN2O4S/c15-12-1-3-13(4-2-12)21-7-6-16-14(18)17-9-11-5-8-22(19,20)10-11/h1-4,11H,5-10H2,(H2,16,17,18)/t11-/m1/s1. The maximum atomic E-state index is 12.7. The number of hydrogen-bond acceptors (Lipinski definition) is 4. The van der Waals surface area contributed by atoms with Crippen LogP contribution in [-0.4, -0.2) is 45.7 Å². The molecule has 6 nitrogen and oxygen atoms in total. The first-order valence-electron chi connectivity index (χ1n) is 7.05. The van der Waals surface area contributed by atoms with E-state index in [1.807, 2.05) is 0 Å². The normalized spacial score (nSPS) is 19.6. The van der Waals surface area contributed by atoms with Crippen molar-refractivity contribution >= 4 is 15.9 Å². The van der Waals surface area contributed by atoms with Crippen LogP contribution in [-0.2, 0) is 9.84 Å². The number of nitrogens with one attached hydrogen (secondary N) is 2. The second-order valence-electron chi connectivity index (χ2n) is 5.21. The third-order valence-electron chi connectivity index (χ3n) is 3.35. The first kappa shape index (κ1) is 16.5. The van der Waals surface area contributed by atoms with Gasteiger partial charge in [-0.05, 0) is 36.6 Å². The number of urea groups is 1. The summed E-state index contributed by atoms with van der Waals surface area (Å²) in [4.78, 5) is 11.5. The number of ether oxygens (including phenoxy) is 1. The lowest BCUT2D eigenvalue weighted by Crippen LogP contribution is -2.40. The smallest absolute Gasteiger partial charge is 0.314 e. The molecule has 1 heterocycles. The molecule has 1 aromatic carbocycles. The summed E-state index contributed by atoms with van der Waals surface area (Å²) in [5.74, 6) is 0.526. The summed E-state index contributed by atoms with van der Waals surface area (Å²) in [5.41, 5.74) is 0. The van der Waals surface area contributed by atoms with E-state index in [-0.39, 0.29) is 35.9 Å². The van der Waals surface area contributed by atoms with E-state index in [1.54, 1.807) is 0 Å². The van der Waals surface area contributed by atoms with Gasteiger partial charge < -0.3 is 15.4 Å². The summed E-state index contributed by atoms with van der Waals surface area (Å²) in [7, 11) is -2.92. The molecule has 2 rings (SSSR count). The first-order chi connectivity index (χ1) is 10.4. The third kappa shape index (κ3) is 5.51. The second kappa shape index (κ2) is 7.44. The molecule has 0 aliphatic carbocycles. The highest BCUT2D eigenvalue weighted by atomic mass is 32.2. The van der Waals surface area contributed by atoms with Crippen LogP contribution in [0.25, 0.3) is 0 Å². The van der Waals surface area contributed by atoms with Crippen LogP contribution in [0.4, 0.5) is 9.18 Å². The lowest BCUT2D eigenvalue weighted by atomic mass is 10.1. The Morgan fingerprint density at radius 3 is 2.64 bits per heavy atom. The zero-order valence-electron chi connectivity index (χ0n) is 12.0. The molecule has 22 heavy (non-hydrogen) atoms. The molecule has 0 spiro atoms. The molecule has 0 radical (unpaired) electrons. The zero-order chi connectivity index (χ0) is 16.0. The van der Waals surface area contributed by atoms with Crippen LogP contribution in [0, 0.1) is 11.7 Å². The van der Waals surface area contributed by atoms with Crippen molar-refractivity contribution in [3.05, 3.63) is 30.1 Å². The summed E-state index contributed by atoms with van der Waals surface area (Å²) in [5, 5.41) is 5.26. The Balaban J connectivity index is 1.57. The van der Waals surface area contributed by atoms with Gasteiger partial charge in [0.2, 0.25) is 0 Å². The lowest BCUT2D eigenvalue weighted by Gasteiger charge is -2.11. The number of amides is 2. The van der Waals surface area contributed by atoms with Crippen molar-refractivity contribution in [1.82, 2.24) is 10.6 Å². The van der Waals surface area contributed by atoms with Crippen LogP contribution >= 0.6 is 0 Å². The predicted octanol–water partition coefficient (Wildman–Crippen LogP) is 0.938. The molecule has 0 bridgehead atoms. The number of sulfone groups is 1. The maximum absolute atomic E-state index is 12.7. The number of carbonyl (C=O) groups excluding carboxylic acids is 1. The van der Waals surface area contributed by atoms with E-state index in [9.17, 15) is 17.6 Å². The van der Waals surface area contributed by atoms with Crippen LogP contribution in [0.1, 0.15) is 6.42 Å². The topological polar surface area (TPSA) is 84.5 Å². The Hall–Kier alpha value is -1.83.